The smallest absolute Gasteiger partial charge is 0.269 e. The van der Waals surface area contributed by atoms with E-state index in [-0.39, 0.29) is 41.5 Å². The van der Waals surface area contributed by atoms with Crippen LogP contribution in [0, 0.1) is 10.1 Å². The van der Waals surface area contributed by atoms with Crippen LogP contribution in [0.5, 0.6) is 0 Å². The predicted octanol–water partition coefficient (Wildman–Crippen LogP) is 0.419. The monoisotopic (exact) mass is 397 g/mol. The Morgan fingerprint density at radius 1 is 1.26 bits per heavy atom. The van der Waals surface area contributed by atoms with Gasteiger partial charge in [0.2, 0.25) is 0 Å². The van der Waals surface area contributed by atoms with Gasteiger partial charge >= 0.3 is 0 Å². The molecular weight excluding hydrogens is 372 g/mol. The van der Waals surface area contributed by atoms with Crippen LogP contribution in [0.4, 0.5) is 5.69 Å². The summed E-state index contributed by atoms with van der Waals surface area (Å²) in [5.41, 5.74) is 0.393. The summed E-state index contributed by atoms with van der Waals surface area (Å²) in [7, 11) is -2.99. The number of benzene rings is 1. The quantitative estimate of drug-likeness (QED) is 0.387. The summed E-state index contributed by atoms with van der Waals surface area (Å²) in [5.74, 6) is 0.291. The first-order valence-corrected chi connectivity index (χ1v) is 11.1. The van der Waals surface area contributed by atoms with Crippen molar-refractivity contribution in [1.82, 2.24) is 0 Å². The molecule has 1 aromatic carbocycles. The first-order valence-electron chi connectivity index (χ1n) is 9.28. The Morgan fingerprint density at radius 2 is 2.00 bits per heavy atom. The van der Waals surface area contributed by atoms with Crippen molar-refractivity contribution in [3.05, 3.63) is 39.9 Å². The molecular formula is C18H25N2O6S+. The molecule has 0 saturated carbocycles. The normalized spacial score (nSPS) is 25.3. The fourth-order valence-corrected chi connectivity index (χ4v) is 5.70. The molecule has 0 aromatic heterocycles. The minimum absolute atomic E-state index is 0.00357. The van der Waals surface area contributed by atoms with Crippen molar-refractivity contribution >= 4 is 21.3 Å². The van der Waals surface area contributed by atoms with Gasteiger partial charge in [-0.05, 0) is 25.0 Å². The van der Waals surface area contributed by atoms with Crippen molar-refractivity contribution in [2.24, 2.45) is 0 Å². The molecule has 1 aromatic rings. The molecule has 1 N–H and O–H groups in total. The van der Waals surface area contributed by atoms with Crippen molar-refractivity contribution in [3.8, 4) is 0 Å². The SMILES string of the molecule is O=C(CC[NH+](C[C@H]1CCCO1)[C@@H]1CCS(=O)(=O)C1)c1ccc([N+](=O)[O-])cc1. The van der Waals surface area contributed by atoms with Gasteiger partial charge in [-0.25, -0.2) is 8.42 Å². The van der Waals surface area contributed by atoms with Gasteiger partial charge in [-0.2, -0.15) is 0 Å². The van der Waals surface area contributed by atoms with E-state index in [0.29, 0.717) is 25.1 Å². The molecule has 2 heterocycles. The van der Waals surface area contributed by atoms with E-state index in [1.807, 2.05) is 0 Å². The van der Waals surface area contributed by atoms with Crippen LogP contribution in [0.15, 0.2) is 24.3 Å². The molecule has 2 saturated heterocycles. The van der Waals surface area contributed by atoms with Gasteiger partial charge in [-0.3, -0.25) is 14.9 Å². The van der Waals surface area contributed by atoms with Crippen molar-refractivity contribution in [3.63, 3.8) is 0 Å². The molecule has 0 radical (unpaired) electrons. The maximum absolute atomic E-state index is 12.5. The second kappa shape index (κ2) is 8.45. The molecule has 2 aliphatic rings. The number of sulfone groups is 1. The molecule has 0 amide bonds. The van der Waals surface area contributed by atoms with Crippen LogP contribution in [0.25, 0.3) is 0 Å². The Balaban J connectivity index is 1.62. The minimum atomic E-state index is -2.99. The number of nitro benzene ring substituents is 1. The number of carbonyl (C=O) groups is 1. The van der Waals surface area contributed by atoms with E-state index in [0.717, 1.165) is 24.3 Å². The van der Waals surface area contributed by atoms with E-state index in [4.69, 9.17) is 4.74 Å². The number of nitro groups is 1. The minimum Gasteiger partial charge on any atom is -0.372 e. The maximum atomic E-state index is 12.5. The molecule has 0 spiro atoms. The van der Waals surface area contributed by atoms with E-state index in [1.54, 1.807) is 0 Å². The van der Waals surface area contributed by atoms with E-state index in [1.165, 1.54) is 24.3 Å². The van der Waals surface area contributed by atoms with Crippen LogP contribution in [0.2, 0.25) is 0 Å². The fraction of sp³-hybridized carbons (Fsp3) is 0.611. The van der Waals surface area contributed by atoms with Gasteiger partial charge in [-0.1, -0.05) is 0 Å². The third-order valence-corrected chi connectivity index (χ3v) is 7.16. The summed E-state index contributed by atoms with van der Waals surface area (Å²) in [6.45, 7) is 1.99. The van der Waals surface area contributed by atoms with Gasteiger partial charge in [0.05, 0.1) is 23.6 Å². The van der Waals surface area contributed by atoms with Crippen molar-refractivity contribution in [2.75, 3.05) is 31.2 Å². The van der Waals surface area contributed by atoms with Crippen LogP contribution in [-0.2, 0) is 14.6 Å². The van der Waals surface area contributed by atoms with Crippen LogP contribution in [0.1, 0.15) is 36.0 Å². The van der Waals surface area contributed by atoms with Crippen LogP contribution < -0.4 is 4.90 Å². The highest BCUT2D eigenvalue weighted by molar-refractivity contribution is 7.91. The lowest BCUT2D eigenvalue weighted by atomic mass is 10.1. The number of carbonyl (C=O) groups excluding carboxylic acids is 1. The molecule has 148 valence electrons. The number of ketones is 1. The first kappa shape index (κ1) is 19.9. The van der Waals surface area contributed by atoms with Gasteiger partial charge in [0.15, 0.2) is 15.6 Å². The van der Waals surface area contributed by atoms with Gasteiger partial charge in [-0.15, -0.1) is 0 Å². The number of ether oxygens (including phenoxy) is 1. The average molecular weight is 397 g/mol. The predicted molar refractivity (Wildman–Crippen MR) is 98.8 cm³/mol. The Hall–Kier alpha value is -1.84. The van der Waals surface area contributed by atoms with Crippen LogP contribution in [0.3, 0.4) is 0 Å². The summed E-state index contributed by atoms with van der Waals surface area (Å²) >= 11 is 0. The number of hydrogen-bond donors (Lipinski definition) is 1. The van der Waals surface area contributed by atoms with E-state index in [9.17, 15) is 23.3 Å². The number of nitrogens with one attached hydrogen (secondary N) is 1. The van der Waals surface area contributed by atoms with Crippen LogP contribution in [-0.4, -0.2) is 62.5 Å². The topological polar surface area (TPSA) is 108 Å². The number of quaternary nitrogens is 1. The Kier molecular flexibility index (Phi) is 6.23. The lowest BCUT2D eigenvalue weighted by Crippen LogP contribution is -3.17. The van der Waals surface area contributed by atoms with E-state index >= 15 is 0 Å². The van der Waals surface area contributed by atoms with E-state index in [2.05, 4.69) is 0 Å². The third-order valence-electron chi connectivity index (χ3n) is 5.40. The Labute approximate surface area is 158 Å². The molecule has 2 fully saturated rings. The number of Topliss-reactive ketones (excluding diaryl/α,β-unsaturated/α-hetero) is 1. The zero-order valence-electron chi connectivity index (χ0n) is 15.1. The number of hydrogen-bond acceptors (Lipinski definition) is 6. The summed E-state index contributed by atoms with van der Waals surface area (Å²) in [6.07, 6.45) is 3.01. The van der Waals surface area contributed by atoms with Crippen molar-refractivity contribution in [2.45, 2.75) is 37.8 Å². The standard InChI is InChI=1S/C18H24N2O6S/c21-18(14-3-5-15(6-4-14)20(22)23)7-9-19(12-17-2-1-10-26-17)16-8-11-27(24,25)13-16/h3-6,16-17H,1-2,7-13H2/p+1/t16-,17-/m1/s1. The second-order valence-corrected chi connectivity index (χ2v) is 9.55. The Morgan fingerprint density at radius 3 is 2.56 bits per heavy atom. The molecule has 3 atom stereocenters. The van der Waals surface area contributed by atoms with Gasteiger partial charge in [0, 0.05) is 30.7 Å². The highest BCUT2D eigenvalue weighted by Gasteiger charge is 2.37. The second-order valence-electron chi connectivity index (χ2n) is 7.32. The lowest BCUT2D eigenvalue weighted by Gasteiger charge is -2.27. The fourth-order valence-electron chi connectivity index (χ4n) is 3.88. The Bertz CT molecular complexity index is 787. The zero-order chi connectivity index (χ0) is 19.4. The molecule has 2 aliphatic heterocycles. The number of nitrogens with zero attached hydrogens (tertiary/aromatic N) is 1. The molecule has 3 rings (SSSR count). The number of rotatable bonds is 8. The molecule has 27 heavy (non-hydrogen) atoms. The van der Waals surface area contributed by atoms with Crippen molar-refractivity contribution < 1.29 is 27.8 Å². The van der Waals surface area contributed by atoms with Crippen LogP contribution >= 0.6 is 0 Å². The highest BCUT2D eigenvalue weighted by atomic mass is 32.2. The summed E-state index contributed by atoms with van der Waals surface area (Å²) in [5, 5.41) is 10.7. The first-order chi connectivity index (χ1) is 12.8. The van der Waals surface area contributed by atoms with Gasteiger partial charge < -0.3 is 9.64 Å². The highest BCUT2D eigenvalue weighted by Crippen LogP contribution is 2.14. The summed E-state index contributed by atoms with van der Waals surface area (Å²) < 4.78 is 29.4. The largest absolute Gasteiger partial charge is 0.372 e. The third kappa shape index (κ3) is 5.33. The van der Waals surface area contributed by atoms with Gasteiger partial charge in [0.25, 0.3) is 5.69 Å². The lowest BCUT2D eigenvalue weighted by molar-refractivity contribution is -0.924. The van der Waals surface area contributed by atoms with Gasteiger partial charge in [0.1, 0.15) is 24.4 Å². The molecule has 0 aliphatic carbocycles. The molecule has 8 nitrogen and oxygen atoms in total. The number of non-ortho nitro benzene ring substituents is 1. The average Bonchev–Trinajstić information content (AvgIpc) is 3.27. The summed E-state index contributed by atoms with van der Waals surface area (Å²) in [6, 6.07) is 5.60. The zero-order valence-corrected chi connectivity index (χ0v) is 15.9. The summed E-state index contributed by atoms with van der Waals surface area (Å²) in [4.78, 5) is 23.8. The maximum Gasteiger partial charge on any atom is 0.269 e. The molecule has 0 bridgehead atoms. The molecule has 1 unspecified atom stereocenters. The molecule has 9 heteroatoms. The van der Waals surface area contributed by atoms with Crippen molar-refractivity contribution in [1.29, 1.82) is 0 Å². The van der Waals surface area contributed by atoms with E-state index < -0.39 is 14.8 Å².